The van der Waals surface area contributed by atoms with Crippen molar-refractivity contribution in [3.8, 4) is 0 Å². The molecule has 2 aromatic carbocycles. The highest BCUT2D eigenvalue weighted by Crippen LogP contribution is 2.42. The topological polar surface area (TPSA) is 59.6 Å². The molecule has 0 spiro atoms. The Bertz CT molecular complexity index is 1120. The van der Waals surface area contributed by atoms with Crippen LogP contribution in [0, 0.1) is 0 Å². The summed E-state index contributed by atoms with van der Waals surface area (Å²) in [7, 11) is 4.05. The fourth-order valence-electron chi connectivity index (χ4n) is 5.07. The van der Waals surface area contributed by atoms with Gasteiger partial charge in [0.25, 0.3) is 0 Å². The Morgan fingerprint density at radius 1 is 1.03 bits per heavy atom. The van der Waals surface area contributed by atoms with Crippen LogP contribution in [0.5, 0.6) is 0 Å². The summed E-state index contributed by atoms with van der Waals surface area (Å²) in [6.45, 7) is 1.66. The van der Waals surface area contributed by atoms with Gasteiger partial charge < -0.3 is 19.7 Å². The third kappa shape index (κ3) is 3.41. The van der Waals surface area contributed by atoms with Crippen molar-refractivity contribution in [2.24, 2.45) is 0 Å². The van der Waals surface area contributed by atoms with E-state index >= 15 is 0 Å². The van der Waals surface area contributed by atoms with Crippen LogP contribution in [0.25, 0.3) is 10.9 Å². The van der Waals surface area contributed by atoms with Crippen LogP contribution in [0.2, 0.25) is 0 Å². The van der Waals surface area contributed by atoms with Gasteiger partial charge in [0.05, 0.1) is 12.6 Å². The number of para-hydroxylation sites is 1. The van der Waals surface area contributed by atoms with Crippen LogP contribution in [0.15, 0.2) is 54.6 Å². The second kappa shape index (κ2) is 7.85. The van der Waals surface area contributed by atoms with Crippen molar-refractivity contribution in [2.75, 3.05) is 33.7 Å². The molecule has 1 N–H and O–H groups in total. The van der Waals surface area contributed by atoms with Gasteiger partial charge in [-0.05, 0) is 44.3 Å². The van der Waals surface area contributed by atoms with Gasteiger partial charge in [-0.15, -0.1) is 0 Å². The van der Waals surface area contributed by atoms with Crippen molar-refractivity contribution in [3.63, 3.8) is 0 Å². The fraction of sp³-hybridized carbons (Fsp3) is 0.360. The third-order valence-corrected chi connectivity index (χ3v) is 6.49. The van der Waals surface area contributed by atoms with Crippen molar-refractivity contribution in [3.05, 3.63) is 71.4 Å². The summed E-state index contributed by atoms with van der Waals surface area (Å²) in [6.07, 6.45) is 1.41. The molecule has 0 bridgehead atoms. The largest absolute Gasteiger partial charge is 0.356 e. The molecule has 0 radical (unpaired) electrons. The van der Waals surface area contributed by atoms with Crippen LogP contribution in [0.3, 0.4) is 0 Å². The highest BCUT2D eigenvalue weighted by atomic mass is 16.2. The highest BCUT2D eigenvalue weighted by Gasteiger charge is 2.47. The minimum atomic E-state index is -0.461. The van der Waals surface area contributed by atoms with Gasteiger partial charge in [0, 0.05) is 29.6 Å². The molecule has 6 heteroatoms. The number of carbonyl (C=O) groups excluding carboxylic acids is 2. The van der Waals surface area contributed by atoms with Gasteiger partial charge >= 0.3 is 0 Å². The zero-order chi connectivity index (χ0) is 21.5. The number of amides is 2. The Balaban J connectivity index is 1.57. The summed E-state index contributed by atoms with van der Waals surface area (Å²) in [5.41, 5.74) is 4.27. The number of carbonyl (C=O) groups is 2. The first-order valence-electron chi connectivity index (χ1n) is 10.9. The highest BCUT2D eigenvalue weighted by molar-refractivity contribution is 5.97. The second-order valence-corrected chi connectivity index (χ2v) is 8.81. The van der Waals surface area contributed by atoms with Crippen LogP contribution in [-0.2, 0) is 16.0 Å². The number of fused-ring (bicyclic) bond motifs is 4. The maximum absolute atomic E-state index is 13.5. The predicted molar refractivity (Wildman–Crippen MR) is 121 cm³/mol. The zero-order valence-electron chi connectivity index (χ0n) is 18.0. The normalized spacial score (nSPS) is 21.0. The van der Waals surface area contributed by atoms with Gasteiger partial charge in [0.2, 0.25) is 11.8 Å². The minimum Gasteiger partial charge on any atom is -0.356 e. The van der Waals surface area contributed by atoms with E-state index in [1.165, 1.54) is 0 Å². The van der Waals surface area contributed by atoms with Crippen LogP contribution in [0.1, 0.15) is 29.3 Å². The number of aromatic nitrogens is 1. The van der Waals surface area contributed by atoms with Gasteiger partial charge in [0.15, 0.2) is 0 Å². The molecular weight excluding hydrogens is 388 g/mol. The second-order valence-electron chi connectivity index (χ2n) is 8.81. The SMILES string of the molecule is CN(C)CCCN1CC(=O)N2[C@H](c3ccccc3)c3[nH]c4ccccc4c3C[C@H]2C1=O. The Morgan fingerprint density at radius 2 is 1.77 bits per heavy atom. The summed E-state index contributed by atoms with van der Waals surface area (Å²) in [5, 5.41) is 1.14. The number of nitrogens with zero attached hydrogens (tertiary/aromatic N) is 3. The van der Waals surface area contributed by atoms with Crippen LogP contribution in [0.4, 0.5) is 0 Å². The van der Waals surface area contributed by atoms with Crippen molar-refractivity contribution >= 4 is 22.7 Å². The van der Waals surface area contributed by atoms with Gasteiger partial charge in [-0.1, -0.05) is 48.5 Å². The van der Waals surface area contributed by atoms with E-state index in [4.69, 9.17) is 0 Å². The molecule has 1 aromatic heterocycles. The molecule has 2 atom stereocenters. The summed E-state index contributed by atoms with van der Waals surface area (Å²) in [4.78, 5) is 36.2. The van der Waals surface area contributed by atoms with E-state index < -0.39 is 6.04 Å². The zero-order valence-corrected chi connectivity index (χ0v) is 18.0. The van der Waals surface area contributed by atoms with Crippen molar-refractivity contribution in [2.45, 2.75) is 24.9 Å². The van der Waals surface area contributed by atoms with E-state index in [-0.39, 0.29) is 24.4 Å². The first-order valence-corrected chi connectivity index (χ1v) is 10.9. The molecule has 0 saturated carbocycles. The molecule has 160 valence electrons. The van der Waals surface area contributed by atoms with E-state index in [2.05, 4.69) is 22.0 Å². The smallest absolute Gasteiger partial charge is 0.246 e. The Labute approximate surface area is 182 Å². The first kappa shape index (κ1) is 19.8. The Morgan fingerprint density at radius 3 is 2.55 bits per heavy atom. The Hall–Kier alpha value is -3.12. The number of benzene rings is 2. The average molecular weight is 417 g/mol. The average Bonchev–Trinajstić information content (AvgIpc) is 3.14. The summed E-state index contributed by atoms with van der Waals surface area (Å²) in [6, 6.07) is 17.5. The van der Waals surface area contributed by atoms with Crippen molar-refractivity contribution < 1.29 is 9.59 Å². The predicted octanol–water partition coefficient (Wildman–Crippen LogP) is 2.80. The van der Waals surface area contributed by atoms with Gasteiger partial charge in [-0.25, -0.2) is 0 Å². The minimum absolute atomic E-state index is 0.0209. The molecule has 5 rings (SSSR count). The van der Waals surface area contributed by atoms with E-state index in [0.29, 0.717) is 13.0 Å². The third-order valence-electron chi connectivity index (χ3n) is 6.49. The molecule has 1 fully saturated rings. The number of aromatic amines is 1. The summed E-state index contributed by atoms with van der Waals surface area (Å²) in [5.74, 6) is 0.0860. The van der Waals surface area contributed by atoms with E-state index in [0.717, 1.165) is 40.7 Å². The molecule has 31 heavy (non-hydrogen) atoms. The Kier molecular flexibility index (Phi) is 5.02. The molecule has 2 amide bonds. The molecule has 0 unspecified atom stereocenters. The van der Waals surface area contributed by atoms with Gasteiger partial charge in [-0.2, -0.15) is 0 Å². The van der Waals surface area contributed by atoms with Gasteiger partial charge in [0.1, 0.15) is 6.04 Å². The number of hydrogen-bond acceptors (Lipinski definition) is 3. The molecule has 6 nitrogen and oxygen atoms in total. The van der Waals surface area contributed by atoms with Gasteiger partial charge in [-0.3, -0.25) is 9.59 Å². The molecule has 1 saturated heterocycles. The number of piperazine rings is 1. The fourth-order valence-corrected chi connectivity index (χ4v) is 5.07. The van der Waals surface area contributed by atoms with Crippen LogP contribution >= 0.6 is 0 Å². The molecule has 3 heterocycles. The first-order chi connectivity index (χ1) is 15.0. The lowest BCUT2D eigenvalue weighted by Gasteiger charge is -2.47. The molecule has 2 aliphatic heterocycles. The van der Waals surface area contributed by atoms with E-state index in [1.807, 2.05) is 61.5 Å². The van der Waals surface area contributed by atoms with E-state index in [1.54, 1.807) is 4.90 Å². The van der Waals surface area contributed by atoms with Crippen LogP contribution < -0.4 is 0 Å². The van der Waals surface area contributed by atoms with Crippen LogP contribution in [-0.4, -0.2) is 71.3 Å². The maximum Gasteiger partial charge on any atom is 0.246 e. The number of rotatable bonds is 5. The molecule has 2 aliphatic rings. The molecular formula is C25H28N4O2. The van der Waals surface area contributed by atoms with Crippen molar-refractivity contribution in [1.82, 2.24) is 19.7 Å². The quantitative estimate of drug-likeness (QED) is 0.696. The summed E-state index contributed by atoms with van der Waals surface area (Å²) < 4.78 is 0. The summed E-state index contributed by atoms with van der Waals surface area (Å²) >= 11 is 0. The standard InChI is InChI=1S/C25H28N4O2/c1-27(2)13-8-14-28-16-22(30)29-21(25(28)31)15-19-18-11-6-7-12-20(18)26-23(19)24(29)17-9-4-3-5-10-17/h3-7,9-12,21,24,26H,8,13-16H2,1-2H3/t21-,24+/m0/s1. The lowest BCUT2D eigenvalue weighted by molar-refractivity contribution is -0.158. The molecule has 0 aliphatic carbocycles. The van der Waals surface area contributed by atoms with E-state index in [9.17, 15) is 9.59 Å². The van der Waals surface area contributed by atoms with Crippen molar-refractivity contribution in [1.29, 1.82) is 0 Å². The lowest BCUT2D eigenvalue weighted by atomic mass is 9.86. The number of hydrogen-bond donors (Lipinski definition) is 1. The maximum atomic E-state index is 13.5. The number of H-pyrrole nitrogens is 1. The monoisotopic (exact) mass is 416 g/mol. The number of nitrogens with one attached hydrogen (secondary N) is 1. The molecule has 3 aromatic rings. The lowest BCUT2D eigenvalue weighted by Crippen LogP contribution is -2.63.